The number of hydrogen-bond donors (Lipinski definition) is 2. The van der Waals surface area contributed by atoms with Crippen molar-refractivity contribution in [2.45, 2.75) is 82.7 Å². The van der Waals surface area contributed by atoms with Gasteiger partial charge >= 0.3 is 6.03 Å². The summed E-state index contributed by atoms with van der Waals surface area (Å²) in [6.07, 6.45) is 11.6. The van der Waals surface area contributed by atoms with E-state index in [1.807, 2.05) is 34.1 Å². The molecule has 2 N–H and O–H groups in total. The van der Waals surface area contributed by atoms with E-state index in [1.54, 1.807) is 18.2 Å². The summed E-state index contributed by atoms with van der Waals surface area (Å²) in [7, 11) is 0. The van der Waals surface area contributed by atoms with Crippen LogP contribution >= 0.6 is 11.6 Å². The molecule has 0 radical (unpaired) electrons. The Morgan fingerprint density at radius 2 is 1.49 bits per heavy atom. The van der Waals surface area contributed by atoms with Gasteiger partial charge < -0.3 is 20.4 Å². The molecule has 1 unspecified atom stereocenters. The van der Waals surface area contributed by atoms with E-state index in [-0.39, 0.29) is 29.3 Å². The van der Waals surface area contributed by atoms with Crippen LogP contribution in [0.4, 0.5) is 4.79 Å². The lowest BCUT2D eigenvalue weighted by molar-refractivity contribution is 0.0367. The van der Waals surface area contributed by atoms with Crippen molar-refractivity contribution in [3.8, 4) is 0 Å². The van der Waals surface area contributed by atoms with Crippen LogP contribution in [0.15, 0.2) is 42.5 Å². The Hall–Kier alpha value is -3.06. The van der Waals surface area contributed by atoms with Gasteiger partial charge in [-0.1, -0.05) is 49.1 Å². The predicted octanol–water partition coefficient (Wildman–Crippen LogP) is 6.12. The van der Waals surface area contributed by atoms with Crippen molar-refractivity contribution in [2.75, 3.05) is 26.2 Å². The average molecular weight is 577 g/mol. The topological polar surface area (TPSA) is 81.8 Å². The zero-order valence-corrected chi connectivity index (χ0v) is 24.6. The smallest absolute Gasteiger partial charge is 0.317 e. The lowest BCUT2D eigenvalue weighted by Gasteiger charge is -2.47. The van der Waals surface area contributed by atoms with Crippen molar-refractivity contribution in [3.63, 3.8) is 0 Å². The molecule has 2 saturated heterocycles. The number of amides is 4. The first kappa shape index (κ1) is 28.1. The highest BCUT2D eigenvalue weighted by Gasteiger charge is 2.40. The molecule has 1 atom stereocenters. The van der Waals surface area contributed by atoms with E-state index in [0.29, 0.717) is 22.2 Å². The molecule has 1 saturated carbocycles. The summed E-state index contributed by atoms with van der Waals surface area (Å²) in [5.41, 5.74) is 3.59. The third kappa shape index (κ3) is 6.11. The average Bonchev–Trinajstić information content (AvgIpc) is 3.40. The Balaban J connectivity index is 1.03. The van der Waals surface area contributed by atoms with Gasteiger partial charge in [0, 0.05) is 37.8 Å². The molecule has 4 aliphatic rings. The van der Waals surface area contributed by atoms with Crippen molar-refractivity contribution in [1.29, 1.82) is 0 Å². The van der Waals surface area contributed by atoms with Crippen LogP contribution in [0.3, 0.4) is 0 Å². The lowest BCUT2D eigenvalue weighted by Crippen LogP contribution is -2.52. The minimum Gasteiger partial charge on any atom is -0.345 e. The van der Waals surface area contributed by atoms with Crippen LogP contribution in [0.25, 0.3) is 0 Å². The quantitative estimate of drug-likeness (QED) is 0.460. The lowest BCUT2D eigenvalue weighted by atomic mass is 9.71. The fourth-order valence-electron chi connectivity index (χ4n) is 7.33. The van der Waals surface area contributed by atoms with Gasteiger partial charge in [-0.2, -0.15) is 0 Å². The number of fused-ring (bicyclic) bond motifs is 1. The molecule has 8 heteroatoms. The number of nitrogens with zero attached hydrogens (tertiary/aromatic N) is 2. The fraction of sp³-hybridized carbons (Fsp3) is 0.545. The highest BCUT2D eigenvalue weighted by atomic mass is 35.5. The Morgan fingerprint density at radius 3 is 2.20 bits per heavy atom. The van der Waals surface area contributed by atoms with E-state index in [1.165, 1.54) is 24.8 Å². The SMILES string of the molecule is O=C(NC1CCc2ccc(C(=O)N3CCC4(CCN(C(=O)NC5CCCCC5)CC4)CC3)cc21)c1ccccc1Cl. The number of rotatable bonds is 4. The number of likely N-dealkylation sites (tertiary alicyclic amines) is 2. The molecule has 6 rings (SSSR count). The van der Waals surface area contributed by atoms with Gasteiger partial charge in [0.05, 0.1) is 16.6 Å². The number of carbonyl (C=O) groups excluding carboxylic acids is 3. The second-order valence-corrected chi connectivity index (χ2v) is 12.9. The van der Waals surface area contributed by atoms with Gasteiger partial charge in [-0.05, 0) is 92.2 Å². The minimum absolute atomic E-state index is 0.0648. The fourth-order valence-corrected chi connectivity index (χ4v) is 7.55. The van der Waals surface area contributed by atoms with Gasteiger partial charge in [0.1, 0.15) is 0 Å². The van der Waals surface area contributed by atoms with E-state index in [4.69, 9.17) is 11.6 Å². The van der Waals surface area contributed by atoms with E-state index in [9.17, 15) is 14.4 Å². The molecule has 2 aromatic rings. The van der Waals surface area contributed by atoms with Crippen molar-refractivity contribution in [1.82, 2.24) is 20.4 Å². The summed E-state index contributed by atoms with van der Waals surface area (Å²) in [6.45, 7) is 3.10. The first-order chi connectivity index (χ1) is 19.9. The number of hydrogen-bond acceptors (Lipinski definition) is 3. The molecule has 2 aromatic carbocycles. The normalized spacial score (nSPS) is 22.3. The Kier molecular flexibility index (Phi) is 8.25. The molecule has 2 aliphatic heterocycles. The number of nitrogens with one attached hydrogen (secondary N) is 2. The van der Waals surface area contributed by atoms with Crippen LogP contribution in [0.2, 0.25) is 5.02 Å². The first-order valence-corrected chi connectivity index (χ1v) is 15.8. The molecule has 7 nitrogen and oxygen atoms in total. The number of halogens is 1. The van der Waals surface area contributed by atoms with Crippen LogP contribution in [0, 0.1) is 5.41 Å². The maximum atomic E-state index is 13.6. The van der Waals surface area contributed by atoms with Gasteiger partial charge in [0.25, 0.3) is 11.8 Å². The number of urea groups is 1. The maximum Gasteiger partial charge on any atom is 0.317 e. The number of piperidine rings is 2. The highest BCUT2D eigenvalue weighted by Crippen LogP contribution is 2.42. The van der Waals surface area contributed by atoms with Gasteiger partial charge in [-0.3, -0.25) is 9.59 Å². The van der Waals surface area contributed by atoms with Crippen LogP contribution in [-0.2, 0) is 6.42 Å². The molecule has 0 bridgehead atoms. The van der Waals surface area contributed by atoms with Crippen LogP contribution < -0.4 is 10.6 Å². The first-order valence-electron chi connectivity index (χ1n) is 15.4. The number of aryl methyl sites for hydroxylation is 1. The van der Waals surface area contributed by atoms with Gasteiger partial charge in [-0.15, -0.1) is 0 Å². The van der Waals surface area contributed by atoms with Crippen LogP contribution in [-0.4, -0.2) is 59.9 Å². The molecule has 2 heterocycles. The predicted molar refractivity (Wildman–Crippen MR) is 160 cm³/mol. The molecule has 1 spiro atoms. The second kappa shape index (κ2) is 12.0. The summed E-state index contributed by atoms with van der Waals surface area (Å²) in [5, 5.41) is 6.83. The number of carbonyl (C=O) groups is 3. The molecular weight excluding hydrogens is 536 g/mol. The summed E-state index contributed by atoms with van der Waals surface area (Å²) in [6, 6.07) is 13.3. The largest absolute Gasteiger partial charge is 0.345 e. The molecule has 41 heavy (non-hydrogen) atoms. The van der Waals surface area contributed by atoms with E-state index >= 15 is 0 Å². The van der Waals surface area contributed by atoms with Crippen LogP contribution in [0.1, 0.15) is 102 Å². The van der Waals surface area contributed by atoms with Crippen molar-refractivity contribution in [3.05, 3.63) is 69.7 Å². The van der Waals surface area contributed by atoms with Gasteiger partial charge in [0.15, 0.2) is 0 Å². The third-order valence-corrected chi connectivity index (χ3v) is 10.4. The molecule has 3 fully saturated rings. The molecular formula is C33H41ClN4O3. The van der Waals surface area contributed by atoms with Crippen molar-refractivity contribution < 1.29 is 14.4 Å². The molecule has 0 aromatic heterocycles. The minimum atomic E-state index is -0.191. The third-order valence-electron chi connectivity index (χ3n) is 10.0. The zero-order valence-electron chi connectivity index (χ0n) is 23.8. The molecule has 218 valence electrons. The second-order valence-electron chi connectivity index (χ2n) is 12.5. The number of benzene rings is 2. The Morgan fingerprint density at radius 1 is 0.805 bits per heavy atom. The van der Waals surface area contributed by atoms with Gasteiger partial charge in [0.2, 0.25) is 0 Å². The van der Waals surface area contributed by atoms with E-state index < -0.39 is 0 Å². The van der Waals surface area contributed by atoms with Crippen LogP contribution in [0.5, 0.6) is 0 Å². The van der Waals surface area contributed by atoms with Crippen molar-refractivity contribution >= 4 is 29.4 Å². The monoisotopic (exact) mass is 576 g/mol. The highest BCUT2D eigenvalue weighted by molar-refractivity contribution is 6.33. The van der Waals surface area contributed by atoms with Gasteiger partial charge in [-0.25, -0.2) is 4.79 Å². The maximum absolute atomic E-state index is 13.6. The molecule has 4 amide bonds. The van der Waals surface area contributed by atoms with E-state index in [2.05, 4.69) is 10.6 Å². The molecule has 2 aliphatic carbocycles. The Labute approximate surface area is 248 Å². The summed E-state index contributed by atoms with van der Waals surface area (Å²) >= 11 is 6.24. The summed E-state index contributed by atoms with van der Waals surface area (Å²) < 4.78 is 0. The van der Waals surface area contributed by atoms with E-state index in [0.717, 1.165) is 83.1 Å². The summed E-state index contributed by atoms with van der Waals surface area (Å²) in [5.74, 6) is -0.126. The summed E-state index contributed by atoms with van der Waals surface area (Å²) in [4.78, 5) is 43.3. The zero-order chi connectivity index (χ0) is 28.4. The Bertz CT molecular complexity index is 1290. The van der Waals surface area contributed by atoms with Crippen molar-refractivity contribution in [2.24, 2.45) is 5.41 Å². The standard InChI is InChI=1S/C33H41ClN4O3/c34-28-9-5-4-8-26(28)30(39)36-29-13-12-23-10-11-24(22-27(23)29)31(40)37-18-14-33(15-19-37)16-20-38(21-17-33)32(41)35-25-6-2-1-3-7-25/h4-5,8-11,22,25,29H,1-3,6-7,12-21H2,(H,35,41)(H,36,39).